The summed E-state index contributed by atoms with van der Waals surface area (Å²) in [7, 11) is 3.44. The predicted molar refractivity (Wildman–Crippen MR) is 64.5 cm³/mol. The minimum Gasteiger partial charge on any atom is -0.496 e. The number of benzene rings is 1. The van der Waals surface area contributed by atoms with Crippen molar-refractivity contribution in [3.05, 3.63) is 23.3 Å². The predicted octanol–water partition coefficient (Wildman–Crippen LogP) is 2.09. The number of nitrogens with one attached hydrogen (secondary N) is 1. The fourth-order valence-corrected chi connectivity index (χ4v) is 2.31. The molecule has 1 aliphatic heterocycles. The molecule has 16 heavy (non-hydrogen) atoms. The van der Waals surface area contributed by atoms with Gasteiger partial charge in [0, 0.05) is 18.0 Å². The van der Waals surface area contributed by atoms with E-state index >= 15 is 0 Å². The zero-order chi connectivity index (χ0) is 11.5. The Morgan fingerprint density at radius 1 is 1.19 bits per heavy atom. The summed E-state index contributed by atoms with van der Waals surface area (Å²) in [5.74, 6) is 2.47. The number of aryl methyl sites for hydroxylation is 1. The van der Waals surface area contributed by atoms with Gasteiger partial charge in [-0.05, 0) is 37.6 Å². The Morgan fingerprint density at radius 2 is 1.94 bits per heavy atom. The first-order valence-corrected chi connectivity index (χ1v) is 5.69. The lowest BCUT2D eigenvalue weighted by atomic mass is 9.95. The first-order chi connectivity index (χ1) is 7.76. The van der Waals surface area contributed by atoms with Crippen molar-refractivity contribution >= 4 is 0 Å². The molecule has 0 bridgehead atoms. The van der Waals surface area contributed by atoms with Crippen molar-refractivity contribution in [2.24, 2.45) is 0 Å². The second-order valence-corrected chi connectivity index (χ2v) is 4.25. The lowest BCUT2D eigenvalue weighted by Gasteiger charge is -2.16. The molecule has 0 radical (unpaired) electrons. The molecule has 1 fully saturated rings. The van der Waals surface area contributed by atoms with E-state index in [4.69, 9.17) is 9.47 Å². The Hall–Kier alpha value is -1.22. The van der Waals surface area contributed by atoms with Crippen molar-refractivity contribution < 1.29 is 9.47 Å². The molecule has 88 valence electrons. The fourth-order valence-electron chi connectivity index (χ4n) is 2.31. The second kappa shape index (κ2) is 4.74. The Morgan fingerprint density at radius 3 is 2.50 bits per heavy atom. The first-order valence-electron chi connectivity index (χ1n) is 5.69. The maximum atomic E-state index is 5.45. The minimum absolute atomic E-state index is 0.546. The summed E-state index contributed by atoms with van der Waals surface area (Å²) < 4.78 is 10.8. The van der Waals surface area contributed by atoms with Gasteiger partial charge < -0.3 is 14.8 Å². The summed E-state index contributed by atoms with van der Waals surface area (Å²) in [5.41, 5.74) is 2.38. The molecule has 3 heteroatoms. The summed E-state index contributed by atoms with van der Waals surface area (Å²) in [6.07, 6.45) is 1.17. The summed E-state index contributed by atoms with van der Waals surface area (Å²) in [6.45, 7) is 4.16. The number of hydrogen-bond acceptors (Lipinski definition) is 3. The van der Waals surface area contributed by atoms with Crippen molar-refractivity contribution in [3.8, 4) is 11.5 Å². The third-order valence-corrected chi connectivity index (χ3v) is 3.25. The van der Waals surface area contributed by atoms with E-state index in [1.165, 1.54) is 12.0 Å². The van der Waals surface area contributed by atoms with Gasteiger partial charge in [0.2, 0.25) is 0 Å². The molecule has 1 aromatic rings. The summed E-state index contributed by atoms with van der Waals surface area (Å²) in [5, 5.41) is 3.38. The quantitative estimate of drug-likeness (QED) is 0.847. The van der Waals surface area contributed by atoms with Crippen LogP contribution in [0.15, 0.2) is 12.1 Å². The number of ether oxygens (including phenoxy) is 2. The van der Waals surface area contributed by atoms with Crippen LogP contribution in [-0.4, -0.2) is 27.3 Å². The topological polar surface area (TPSA) is 30.5 Å². The average Bonchev–Trinajstić information content (AvgIpc) is 2.82. The van der Waals surface area contributed by atoms with Crippen molar-refractivity contribution in [3.63, 3.8) is 0 Å². The molecule has 1 atom stereocenters. The van der Waals surface area contributed by atoms with E-state index in [1.54, 1.807) is 14.2 Å². The van der Waals surface area contributed by atoms with Crippen molar-refractivity contribution in [1.29, 1.82) is 0 Å². The van der Waals surface area contributed by atoms with Gasteiger partial charge in [0.05, 0.1) is 14.2 Å². The van der Waals surface area contributed by atoms with E-state index in [0.29, 0.717) is 5.92 Å². The lowest BCUT2D eigenvalue weighted by Crippen LogP contribution is -2.09. The molecule has 1 saturated heterocycles. The molecule has 0 saturated carbocycles. The highest BCUT2D eigenvalue weighted by atomic mass is 16.5. The van der Waals surface area contributed by atoms with Crippen LogP contribution >= 0.6 is 0 Å². The Bertz CT molecular complexity index is 370. The first kappa shape index (κ1) is 11.3. The van der Waals surface area contributed by atoms with Gasteiger partial charge in [0.25, 0.3) is 0 Å². The van der Waals surface area contributed by atoms with Crippen LogP contribution in [0.25, 0.3) is 0 Å². The molecule has 1 unspecified atom stereocenters. The fraction of sp³-hybridized carbons (Fsp3) is 0.538. The molecule has 3 nitrogen and oxygen atoms in total. The molecular weight excluding hydrogens is 202 g/mol. The van der Waals surface area contributed by atoms with Crippen LogP contribution in [0.3, 0.4) is 0 Å². The van der Waals surface area contributed by atoms with Crippen LogP contribution in [-0.2, 0) is 0 Å². The third-order valence-electron chi connectivity index (χ3n) is 3.25. The van der Waals surface area contributed by atoms with Gasteiger partial charge in [-0.15, -0.1) is 0 Å². The molecule has 1 aromatic carbocycles. The number of methoxy groups -OCH3 is 2. The lowest BCUT2D eigenvalue weighted by molar-refractivity contribution is 0.393. The van der Waals surface area contributed by atoms with E-state index in [1.807, 2.05) is 6.92 Å². The van der Waals surface area contributed by atoms with Gasteiger partial charge >= 0.3 is 0 Å². The summed E-state index contributed by atoms with van der Waals surface area (Å²) in [4.78, 5) is 0. The molecule has 1 N–H and O–H groups in total. The highest BCUT2D eigenvalue weighted by Crippen LogP contribution is 2.35. The van der Waals surface area contributed by atoms with Crippen molar-refractivity contribution in [2.75, 3.05) is 27.3 Å². The normalized spacial score (nSPS) is 19.8. The monoisotopic (exact) mass is 221 g/mol. The van der Waals surface area contributed by atoms with E-state index in [9.17, 15) is 0 Å². The Balaban J connectivity index is 2.40. The molecular formula is C13H19NO2. The molecule has 0 aliphatic carbocycles. The van der Waals surface area contributed by atoms with E-state index in [2.05, 4.69) is 17.4 Å². The van der Waals surface area contributed by atoms with E-state index in [-0.39, 0.29) is 0 Å². The molecule has 2 rings (SSSR count). The zero-order valence-electron chi connectivity index (χ0n) is 10.2. The van der Waals surface area contributed by atoms with Crippen LogP contribution in [0.5, 0.6) is 11.5 Å². The second-order valence-electron chi connectivity index (χ2n) is 4.25. The third kappa shape index (κ3) is 2.00. The van der Waals surface area contributed by atoms with Gasteiger partial charge in [-0.1, -0.05) is 0 Å². The molecule has 0 amide bonds. The SMILES string of the molecule is COc1cc(C2CCNC2)c(OC)cc1C. The van der Waals surface area contributed by atoms with Gasteiger partial charge in [0.15, 0.2) is 0 Å². The Kier molecular flexibility index (Phi) is 3.34. The van der Waals surface area contributed by atoms with Gasteiger partial charge in [0.1, 0.15) is 11.5 Å². The highest BCUT2D eigenvalue weighted by Gasteiger charge is 2.21. The van der Waals surface area contributed by atoms with Gasteiger partial charge in [-0.2, -0.15) is 0 Å². The van der Waals surface area contributed by atoms with Crippen LogP contribution in [0.2, 0.25) is 0 Å². The standard InChI is InChI=1S/C13H19NO2/c1-9-6-13(16-3)11(7-12(9)15-2)10-4-5-14-8-10/h6-7,10,14H,4-5,8H2,1-3H3. The van der Waals surface area contributed by atoms with Gasteiger partial charge in [-0.25, -0.2) is 0 Å². The van der Waals surface area contributed by atoms with Crippen molar-refractivity contribution in [1.82, 2.24) is 5.32 Å². The molecule has 1 heterocycles. The number of rotatable bonds is 3. The van der Waals surface area contributed by atoms with E-state index < -0.39 is 0 Å². The maximum Gasteiger partial charge on any atom is 0.122 e. The van der Waals surface area contributed by atoms with Crippen LogP contribution in [0.1, 0.15) is 23.5 Å². The van der Waals surface area contributed by atoms with Crippen molar-refractivity contribution in [2.45, 2.75) is 19.3 Å². The summed E-state index contributed by atoms with van der Waals surface area (Å²) >= 11 is 0. The van der Waals surface area contributed by atoms with E-state index in [0.717, 1.165) is 30.2 Å². The molecule has 0 aromatic heterocycles. The maximum absolute atomic E-state index is 5.45. The smallest absolute Gasteiger partial charge is 0.122 e. The van der Waals surface area contributed by atoms with Crippen LogP contribution in [0.4, 0.5) is 0 Å². The minimum atomic E-state index is 0.546. The Labute approximate surface area is 96.8 Å². The van der Waals surface area contributed by atoms with Crippen LogP contribution < -0.4 is 14.8 Å². The molecule has 0 spiro atoms. The van der Waals surface area contributed by atoms with Gasteiger partial charge in [-0.3, -0.25) is 0 Å². The highest BCUT2D eigenvalue weighted by molar-refractivity contribution is 5.47. The van der Waals surface area contributed by atoms with Crippen LogP contribution in [0, 0.1) is 6.92 Å². The average molecular weight is 221 g/mol. The number of hydrogen-bond donors (Lipinski definition) is 1. The molecule has 1 aliphatic rings. The zero-order valence-corrected chi connectivity index (χ0v) is 10.2. The largest absolute Gasteiger partial charge is 0.496 e. The summed E-state index contributed by atoms with van der Waals surface area (Å²) in [6, 6.07) is 4.18.